The molecule has 168 valence electrons. The standard InChI is InChI=1S/C24H48N2O.ClH/c1-6-9-10-11-12-13-14-15-16-17-18-19-20-21-22-26(4,5)23(7-2)25-24(27)8-3;/h8,23H,3,6-7,9-22H2,1-2,4-5H3;1H. The Morgan fingerprint density at radius 2 is 1.21 bits per heavy atom. The summed E-state index contributed by atoms with van der Waals surface area (Å²) in [5, 5.41) is 3.07. The smallest absolute Gasteiger partial charge is 0.247 e. The molecule has 0 aliphatic rings. The van der Waals surface area contributed by atoms with Gasteiger partial charge in [-0.25, -0.2) is 0 Å². The number of carbonyl (C=O) groups is 1. The van der Waals surface area contributed by atoms with Gasteiger partial charge < -0.3 is 22.2 Å². The molecule has 0 aliphatic carbocycles. The van der Waals surface area contributed by atoms with Crippen molar-refractivity contribution >= 4 is 5.91 Å². The van der Waals surface area contributed by atoms with Crippen LogP contribution < -0.4 is 17.7 Å². The van der Waals surface area contributed by atoms with Crippen LogP contribution in [0.5, 0.6) is 0 Å². The number of halogens is 1. The molecule has 1 unspecified atom stereocenters. The van der Waals surface area contributed by atoms with E-state index in [2.05, 4.69) is 39.8 Å². The van der Waals surface area contributed by atoms with Gasteiger partial charge in [0.15, 0.2) is 6.17 Å². The molecule has 0 heterocycles. The lowest BCUT2D eigenvalue weighted by Gasteiger charge is -2.37. The SMILES string of the molecule is C=CC(=O)NC(CC)[N+](C)(C)CCCCCCCCCCCCCCCC.[Cl-]. The Hall–Kier alpha value is -0.540. The van der Waals surface area contributed by atoms with E-state index in [0.717, 1.165) is 17.4 Å². The maximum absolute atomic E-state index is 11.6. The zero-order valence-corrected chi connectivity index (χ0v) is 20.2. The molecular formula is C24H49ClN2O. The maximum Gasteiger partial charge on any atom is 0.247 e. The summed E-state index contributed by atoms with van der Waals surface area (Å²) in [6.07, 6.45) is 22.0. The normalized spacial score (nSPS) is 12.3. The third-order valence-electron chi connectivity index (χ3n) is 5.81. The number of carbonyl (C=O) groups excluding carboxylic acids is 1. The Kier molecular flexibility index (Phi) is 20.9. The first kappa shape index (κ1) is 29.7. The highest BCUT2D eigenvalue weighted by molar-refractivity contribution is 5.86. The van der Waals surface area contributed by atoms with Gasteiger partial charge in [-0.05, 0) is 18.9 Å². The Balaban J connectivity index is 0. The zero-order valence-electron chi connectivity index (χ0n) is 19.4. The lowest BCUT2D eigenvalue weighted by molar-refractivity contribution is -0.917. The number of hydrogen-bond acceptors (Lipinski definition) is 1. The van der Waals surface area contributed by atoms with Crippen LogP contribution in [0.4, 0.5) is 0 Å². The lowest BCUT2D eigenvalue weighted by Crippen LogP contribution is -3.00. The molecule has 1 N–H and O–H groups in total. The monoisotopic (exact) mass is 416 g/mol. The average molecular weight is 417 g/mol. The van der Waals surface area contributed by atoms with Crippen molar-refractivity contribution in [3.63, 3.8) is 0 Å². The minimum atomic E-state index is -0.0611. The van der Waals surface area contributed by atoms with Crippen LogP contribution in [0.3, 0.4) is 0 Å². The number of hydrogen-bond donors (Lipinski definition) is 1. The molecule has 1 amide bonds. The Morgan fingerprint density at radius 1 is 0.821 bits per heavy atom. The average Bonchev–Trinajstić information content (AvgIpc) is 2.65. The Labute approximate surface area is 182 Å². The third-order valence-corrected chi connectivity index (χ3v) is 5.81. The van der Waals surface area contributed by atoms with Gasteiger partial charge in [-0.2, -0.15) is 0 Å². The van der Waals surface area contributed by atoms with E-state index in [1.807, 2.05) is 0 Å². The molecule has 0 aliphatic heterocycles. The molecule has 0 rings (SSSR count). The molecule has 0 aromatic rings. The van der Waals surface area contributed by atoms with Crippen molar-refractivity contribution < 1.29 is 21.7 Å². The van der Waals surface area contributed by atoms with Crippen LogP contribution in [0, 0.1) is 0 Å². The van der Waals surface area contributed by atoms with Crippen LogP contribution in [0.15, 0.2) is 12.7 Å². The quantitative estimate of drug-likeness (QED) is 0.148. The second-order valence-electron chi connectivity index (χ2n) is 8.74. The summed E-state index contributed by atoms with van der Waals surface area (Å²) in [7, 11) is 4.44. The highest BCUT2D eigenvalue weighted by Gasteiger charge is 2.26. The Morgan fingerprint density at radius 3 is 1.57 bits per heavy atom. The molecule has 28 heavy (non-hydrogen) atoms. The number of nitrogens with zero attached hydrogens (tertiary/aromatic N) is 1. The highest BCUT2D eigenvalue weighted by Crippen LogP contribution is 2.15. The number of unbranched alkanes of at least 4 members (excludes halogenated alkanes) is 13. The van der Waals surface area contributed by atoms with E-state index in [-0.39, 0.29) is 24.5 Å². The van der Waals surface area contributed by atoms with Crippen molar-refractivity contribution in [3.8, 4) is 0 Å². The summed E-state index contributed by atoms with van der Waals surface area (Å²) in [5.41, 5.74) is 0. The number of rotatable bonds is 19. The van der Waals surface area contributed by atoms with Crippen LogP contribution in [0.1, 0.15) is 110 Å². The molecule has 0 aromatic heterocycles. The largest absolute Gasteiger partial charge is 1.00 e. The van der Waals surface area contributed by atoms with Gasteiger partial charge >= 0.3 is 0 Å². The van der Waals surface area contributed by atoms with Gasteiger partial charge in [0, 0.05) is 6.42 Å². The van der Waals surface area contributed by atoms with E-state index in [1.165, 1.54) is 96.0 Å². The third kappa shape index (κ3) is 16.4. The minimum Gasteiger partial charge on any atom is -1.00 e. The van der Waals surface area contributed by atoms with Crippen LogP contribution in [0.25, 0.3) is 0 Å². The Bertz CT molecular complexity index is 372. The molecule has 0 saturated heterocycles. The first-order valence-electron chi connectivity index (χ1n) is 11.7. The van der Waals surface area contributed by atoms with E-state index < -0.39 is 0 Å². The van der Waals surface area contributed by atoms with Crippen molar-refractivity contribution in [1.29, 1.82) is 0 Å². The molecule has 0 spiro atoms. The van der Waals surface area contributed by atoms with Crippen LogP contribution in [-0.4, -0.2) is 37.2 Å². The number of nitrogens with one attached hydrogen (secondary N) is 1. The number of quaternary nitrogens is 1. The van der Waals surface area contributed by atoms with Gasteiger partial charge in [0.1, 0.15) is 0 Å². The topological polar surface area (TPSA) is 29.1 Å². The molecular weight excluding hydrogens is 368 g/mol. The van der Waals surface area contributed by atoms with E-state index >= 15 is 0 Å². The predicted octanol–water partition coefficient (Wildman–Crippen LogP) is 3.59. The molecule has 4 heteroatoms. The van der Waals surface area contributed by atoms with Crippen molar-refractivity contribution in [1.82, 2.24) is 5.32 Å². The zero-order chi connectivity index (χ0) is 20.4. The minimum absolute atomic E-state index is 0. The lowest BCUT2D eigenvalue weighted by atomic mass is 10.0. The van der Waals surface area contributed by atoms with Crippen LogP contribution in [-0.2, 0) is 4.79 Å². The van der Waals surface area contributed by atoms with Gasteiger partial charge in [0.25, 0.3) is 0 Å². The van der Waals surface area contributed by atoms with Gasteiger partial charge in [-0.3, -0.25) is 4.79 Å². The first-order valence-corrected chi connectivity index (χ1v) is 11.7. The van der Waals surface area contributed by atoms with Gasteiger partial charge in [-0.15, -0.1) is 0 Å². The van der Waals surface area contributed by atoms with E-state index in [9.17, 15) is 4.79 Å². The predicted molar refractivity (Wildman–Crippen MR) is 120 cm³/mol. The van der Waals surface area contributed by atoms with E-state index in [4.69, 9.17) is 0 Å². The summed E-state index contributed by atoms with van der Waals surface area (Å²) in [6, 6.07) is 0. The van der Waals surface area contributed by atoms with Gasteiger partial charge in [0.2, 0.25) is 5.91 Å². The van der Waals surface area contributed by atoms with E-state index in [1.54, 1.807) is 0 Å². The fraction of sp³-hybridized carbons (Fsp3) is 0.875. The van der Waals surface area contributed by atoms with Crippen molar-refractivity contribution in [3.05, 3.63) is 12.7 Å². The van der Waals surface area contributed by atoms with Crippen molar-refractivity contribution in [2.24, 2.45) is 0 Å². The van der Waals surface area contributed by atoms with E-state index in [0.29, 0.717) is 0 Å². The second-order valence-corrected chi connectivity index (χ2v) is 8.74. The summed E-state index contributed by atoms with van der Waals surface area (Å²) in [4.78, 5) is 11.6. The fourth-order valence-electron chi connectivity index (χ4n) is 3.86. The molecule has 0 fully saturated rings. The summed E-state index contributed by atoms with van der Waals surface area (Å²) in [5.74, 6) is -0.0611. The number of amides is 1. The second kappa shape index (κ2) is 19.8. The fourth-order valence-corrected chi connectivity index (χ4v) is 3.86. The van der Waals surface area contributed by atoms with Gasteiger partial charge in [-0.1, -0.05) is 97.5 Å². The molecule has 0 radical (unpaired) electrons. The van der Waals surface area contributed by atoms with Crippen molar-refractivity contribution in [2.75, 3.05) is 20.6 Å². The summed E-state index contributed by atoms with van der Waals surface area (Å²) in [6.45, 7) is 9.09. The molecule has 0 aromatic carbocycles. The van der Waals surface area contributed by atoms with Crippen LogP contribution in [0.2, 0.25) is 0 Å². The maximum atomic E-state index is 11.6. The van der Waals surface area contributed by atoms with Gasteiger partial charge in [0.05, 0.1) is 20.6 Å². The van der Waals surface area contributed by atoms with Crippen LogP contribution >= 0.6 is 0 Å². The molecule has 1 atom stereocenters. The summed E-state index contributed by atoms with van der Waals surface area (Å²) >= 11 is 0. The molecule has 0 saturated carbocycles. The first-order chi connectivity index (χ1) is 13.0. The molecule has 3 nitrogen and oxygen atoms in total. The highest BCUT2D eigenvalue weighted by atomic mass is 35.5. The molecule has 0 bridgehead atoms. The van der Waals surface area contributed by atoms with Crippen molar-refractivity contribution in [2.45, 2.75) is 116 Å². The summed E-state index contributed by atoms with van der Waals surface area (Å²) < 4.78 is 0.855.